The van der Waals surface area contributed by atoms with Crippen LogP contribution in [0.25, 0.3) is 0 Å². The summed E-state index contributed by atoms with van der Waals surface area (Å²) in [4.78, 5) is 38.0. The van der Waals surface area contributed by atoms with E-state index >= 15 is 0 Å². The standard InChI is InChI=1S/C16H34N2O.3C2H4O2.3Na/c1-2-3-4-5-6-7-8-9-10-11-12-13-16(19)18-15-14-17;3*1-2(3)4;;;/h2-15,17H2,1H3,(H,18,19);3*1H3,(H,3,4);;;/q;;;;3*+1/p-3. The smallest absolute Gasteiger partial charge is 0.550 e. The summed E-state index contributed by atoms with van der Waals surface area (Å²) in [5.74, 6) is -3.10. The van der Waals surface area contributed by atoms with Gasteiger partial charge < -0.3 is 40.8 Å². The van der Waals surface area contributed by atoms with Gasteiger partial charge >= 0.3 is 88.7 Å². The van der Waals surface area contributed by atoms with E-state index in [0.29, 0.717) is 19.5 Å². The maximum Gasteiger partial charge on any atom is 1.00 e. The van der Waals surface area contributed by atoms with E-state index in [9.17, 15) is 4.79 Å². The van der Waals surface area contributed by atoms with Crippen LogP contribution in [0.5, 0.6) is 0 Å². The summed E-state index contributed by atoms with van der Waals surface area (Å²) < 4.78 is 0. The van der Waals surface area contributed by atoms with E-state index in [-0.39, 0.29) is 94.6 Å². The zero-order valence-electron chi connectivity index (χ0n) is 22.8. The maximum atomic E-state index is 11.3. The summed E-state index contributed by atoms with van der Waals surface area (Å²) in [6, 6.07) is 0. The van der Waals surface area contributed by atoms with E-state index in [4.69, 9.17) is 35.4 Å². The molecule has 0 aromatic carbocycles. The second-order valence-electron chi connectivity index (χ2n) is 6.90. The van der Waals surface area contributed by atoms with Crippen LogP contribution in [0.4, 0.5) is 0 Å². The van der Waals surface area contributed by atoms with Gasteiger partial charge in [0.05, 0.1) is 0 Å². The van der Waals surface area contributed by atoms with Gasteiger partial charge in [0.1, 0.15) is 0 Å². The van der Waals surface area contributed by atoms with Crippen molar-refractivity contribution in [2.24, 2.45) is 5.73 Å². The van der Waals surface area contributed by atoms with Crippen molar-refractivity contribution in [3.8, 4) is 0 Å². The Morgan fingerprint density at radius 2 is 0.882 bits per heavy atom. The Bertz CT molecular complexity index is 404. The van der Waals surface area contributed by atoms with Crippen LogP contribution in [-0.4, -0.2) is 36.9 Å². The number of carbonyl (C=O) groups is 4. The Morgan fingerprint density at radius 1 is 0.618 bits per heavy atom. The molecule has 0 aliphatic carbocycles. The predicted octanol–water partition coefficient (Wildman–Crippen LogP) is -8.96. The van der Waals surface area contributed by atoms with Gasteiger partial charge in [-0.15, -0.1) is 0 Å². The van der Waals surface area contributed by atoms with E-state index < -0.39 is 17.9 Å². The molecule has 0 rings (SSSR count). The van der Waals surface area contributed by atoms with Crippen molar-refractivity contribution in [2.45, 2.75) is 105 Å². The van der Waals surface area contributed by atoms with E-state index in [1.165, 1.54) is 64.2 Å². The van der Waals surface area contributed by atoms with Crippen molar-refractivity contribution in [3.05, 3.63) is 0 Å². The summed E-state index contributed by atoms with van der Waals surface area (Å²) >= 11 is 0. The minimum Gasteiger partial charge on any atom is -0.550 e. The van der Waals surface area contributed by atoms with Crippen molar-refractivity contribution in [2.75, 3.05) is 13.1 Å². The third-order valence-corrected chi connectivity index (χ3v) is 3.47. The van der Waals surface area contributed by atoms with Gasteiger partial charge in [0.15, 0.2) is 0 Å². The Morgan fingerprint density at radius 3 is 1.15 bits per heavy atom. The van der Waals surface area contributed by atoms with Crippen LogP contribution in [0.2, 0.25) is 0 Å². The maximum absolute atomic E-state index is 11.3. The molecule has 0 aliphatic rings. The first kappa shape index (κ1) is 51.5. The summed E-state index contributed by atoms with van der Waals surface area (Å²) in [7, 11) is 0. The molecule has 0 heterocycles. The van der Waals surface area contributed by atoms with Crippen molar-refractivity contribution in [3.63, 3.8) is 0 Å². The minimum absolute atomic E-state index is 0. The molecule has 0 radical (unpaired) electrons. The van der Waals surface area contributed by atoms with Gasteiger partial charge in [-0.05, 0) is 27.2 Å². The topological polar surface area (TPSA) is 176 Å². The Labute approximate surface area is 273 Å². The van der Waals surface area contributed by atoms with Crippen molar-refractivity contribution >= 4 is 23.8 Å². The largest absolute Gasteiger partial charge is 1.00 e. The van der Waals surface area contributed by atoms with Crippen LogP contribution in [0.3, 0.4) is 0 Å². The SMILES string of the molecule is CC(=O)[O-].CC(=O)[O-].CC(=O)[O-].CCCCCCCCCCCCCC(=O)NCCN.[Na+].[Na+].[Na+]. The number of unbranched alkanes of at least 4 members (excludes halogenated alkanes) is 10. The predicted molar refractivity (Wildman–Crippen MR) is 115 cm³/mol. The second-order valence-corrected chi connectivity index (χ2v) is 6.90. The van der Waals surface area contributed by atoms with Crippen molar-refractivity contribution in [1.82, 2.24) is 5.32 Å². The molecule has 3 N–H and O–H groups in total. The fraction of sp³-hybridized carbons (Fsp3) is 0.818. The third kappa shape index (κ3) is 105. The van der Waals surface area contributed by atoms with Crippen molar-refractivity contribution < 1.29 is 123 Å². The number of nitrogens with one attached hydrogen (secondary N) is 1. The normalized spacial score (nSPS) is 8.15. The number of carboxylic acids is 3. The van der Waals surface area contributed by atoms with Gasteiger partial charge in [-0.3, -0.25) is 4.79 Å². The number of carboxylic acid groups (broad SMARTS) is 3. The average Bonchev–Trinajstić information content (AvgIpc) is 2.63. The molecule has 0 aromatic heterocycles. The van der Waals surface area contributed by atoms with E-state index in [0.717, 1.165) is 27.2 Å². The molecule has 12 heteroatoms. The molecule has 0 spiro atoms. The van der Waals surface area contributed by atoms with E-state index in [1.54, 1.807) is 0 Å². The van der Waals surface area contributed by atoms with Crippen LogP contribution in [0, 0.1) is 0 Å². The summed E-state index contributed by atoms with van der Waals surface area (Å²) in [5.41, 5.74) is 5.32. The van der Waals surface area contributed by atoms with Gasteiger partial charge in [-0.25, -0.2) is 0 Å². The molecular weight excluding hydrogens is 473 g/mol. The molecule has 0 bridgehead atoms. The Balaban J connectivity index is -0.0000000810. The first-order chi connectivity index (χ1) is 14.5. The molecule has 186 valence electrons. The zero-order valence-corrected chi connectivity index (χ0v) is 28.8. The number of aliphatic carboxylic acids is 3. The van der Waals surface area contributed by atoms with Gasteiger partial charge in [0.25, 0.3) is 0 Å². The Kier molecular flexibility index (Phi) is 71.3. The van der Waals surface area contributed by atoms with E-state index in [1.807, 2.05) is 0 Å². The zero-order chi connectivity index (χ0) is 24.9. The summed E-state index contributed by atoms with van der Waals surface area (Å²) in [5, 5.41) is 29.5. The molecule has 0 fully saturated rings. The number of hydrogen-bond donors (Lipinski definition) is 2. The van der Waals surface area contributed by atoms with Gasteiger partial charge in [0, 0.05) is 37.4 Å². The van der Waals surface area contributed by atoms with Crippen LogP contribution in [-0.2, 0) is 19.2 Å². The van der Waals surface area contributed by atoms with Crippen LogP contribution in [0.15, 0.2) is 0 Å². The van der Waals surface area contributed by atoms with E-state index in [2.05, 4.69) is 12.2 Å². The molecule has 34 heavy (non-hydrogen) atoms. The summed E-state index contributed by atoms with van der Waals surface area (Å²) in [6.07, 6.45) is 15.2. The fourth-order valence-electron chi connectivity index (χ4n) is 2.25. The fourth-order valence-corrected chi connectivity index (χ4v) is 2.25. The van der Waals surface area contributed by atoms with Gasteiger partial charge in [-0.1, -0.05) is 71.1 Å². The number of carbonyl (C=O) groups excluding carboxylic acids is 4. The molecule has 0 saturated heterocycles. The molecule has 0 saturated carbocycles. The molecular formula is C22H43N2Na3O7. The van der Waals surface area contributed by atoms with Crippen LogP contribution in [0.1, 0.15) is 105 Å². The van der Waals surface area contributed by atoms with Crippen LogP contribution < -0.4 is 115 Å². The first-order valence-electron chi connectivity index (χ1n) is 11.0. The number of nitrogens with two attached hydrogens (primary N) is 1. The van der Waals surface area contributed by atoms with Crippen LogP contribution >= 0.6 is 0 Å². The monoisotopic (exact) mass is 516 g/mol. The third-order valence-electron chi connectivity index (χ3n) is 3.47. The molecule has 1 amide bonds. The number of rotatable bonds is 14. The minimum atomic E-state index is -1.08. The molecule has 0 atom stereocenters. The number of amides is 1. The molecule has 0 aromatic rings. The number of hydrogen-bond acceptors (Lipinski definition) is 8. The Hall–Kier alpha value is 0.840. The quantitative estimate of drug-likeness (QED) is 0.169. The average molecular weight is 517 g/mol. The van der Waals surface area contributed by atoms with Gasteiger partial charge in [0.2, 0.25) is 5.91 Å². The summed E-state index contributed by atoms with van der Waals surface area (Å²) in [6.45, 7) is 6.32. The second kappa shape index (κ2) is 47.1. The molecule has 9 nitrogen and oxygen atoms in total. The molecule has 0 unspecified atom stereocenters. The van der Waals surface area contributed by atoms with Gasteiger partial charge in [-0.2, -0.15) is 0 Å². The van der Waals surface area contributed by atoms with Crippen molar-refractivity contribution in [1.29, 1.82) is 0 Å². The molecule has 0 aliphatic heterocycles. The first-order valence-corrected chi connectivity index (χ1v) is 11.0.